The van der Waals surface area contributed by atoms with Crippen molar-refractivity contribution in [1.82, 2.24) is 0 Å². The molecule has 0 aliphatic carbocycles. The number of rotatable bonds is 3. The molecule has 1 heterocycles. The van der Waals surface area contributed by atoms with Gasteiger partial charge in [0.2, 0.25) is 5.78 Å². The topological polar surface area (TPSA) is 54.0 Å². The Balaban J connectivity index is 2.45. The van der Waals surface area contributed by atoms with Gasteiger partial charge in [0, 0.05) is 0 Å². The minimum absolute atomic E-state index is 0.0753. The predicted molar refractivity (Wildman–Crippen MR) is 77.3 cm³/mol. The van der Waals surface area contributed by atoms with E-state index in [-0.39, 0.29) is 11.3 Å². The summed E-state index contributed by atoms with van der Waals surface area (Å²) in [6.07, 6.45) is 3.04. The van der Waals surface area contributed by atoms with Gasteiger partial charge in [-0.25, -0.2) is 0 Å². The molecule has 3 nitrogen and oxygen atoms in total. The number of benzene rings is 1. The second-order valence-electron chi connectivity index (χ2n) is 4.77. The summed E-state index contributed by atoms with van der Waals surface area (Å²) < 4.78 is 5.05. The highest BCUT2D eigenvalue weighted by molar-refractivity contribution is 6.12. The van der Waals surface area contributed by atoms with Crippen molar-refractivity contribution in [2.24, 2.45) is 0 Å². The number of hydrogen-bond acceptors (Lipinski definition) is 3. The van der Waals surface area contributed by atoms with Crippen LogP contribution in [0.25, 0.3) is 6.08 Å². The summed E-state index contributed by atoms with van der Waals surface area (Å²) in [5.41, 5.74) is 4.31. The highest BCUT2D eigenvalue weighted by Gasteiger charge is 2.15. The van der Waals surface area contributed by atoms with Gasteiger partial charge in [-0.2, -0.15) is 5.26 Å². The van der Waals surface area contributed by atoms with Crippen molar-refractivity contribution in [3.63, 3.8) is 0 Å². The van der Waals surface area contributed by atoms with Crippen LogP contribution >= 0.6 is 0 Å². The van der Waals surface area contributed by atoms with Gasteiger partial charge in [-0.15, -0.1) is 0 Å². The summed E-state index contributed by atoms with van der Waals surface area (Å²) in [5, 5.41) is 9.19. The Morgan fingerprint density at radius 2 is 1.90 bits per heavy atom. The Morgan fingerprint density at radius 1 is 1.20 bits per heavy atom. The van der Waals surface area contributed by atoms with Crippen LogP contribution in [0.1, 0.15) is 32.8 Å². The molecule has 0 unspecified atom stereocenters. The normalized spacial score (nSPS) is 11.2. The zero-order valence-electron chi connectivity index (χ0n) is 11.7. The van der Waals surface area contributed by atoms with Crippen molar-refractivity contribution in [2.45, 2.75) is 20.8 Å². The third-order valence-electron chi connectivity index (χ3n) is 3.29. The fourth-order valence-corrected chi connectivity index (χ4v) is 1.98. The van der Waals surface area contributed by atoms with Crippen molar-refractivity contribution < 1.29 is 9.21 Å². The van der Waals surface area contributed by atoms with Crippen molar-refractivity contribution in [1.29, 1.82) is 5.26 Å². The van der Waals surface area contributed by atoms with Crippen LogP contribution in [0.4, 0.5) is 0 Å². The first-order valence-corrected chi connectivity index (χ1v) is 6.30. The molecule has 1 aromatic heterocycles. The Bertz CT molecular complexity index is 716. The minimum atomic E-state index is -0.393. The lowest BCUT2D eigenvalue weighted by Gasteiger charge is -2.06. The summed E-state index contributed by atoms with van der Waals surface area (Å²) in [6.45, 7) is 6.01. The Labute approximate surface area is 118 Å². The third kappa shape index (κ3) is 2.70. The number of Topliss-reactive ketones (excluding diaryl/α,β-unsaturated/α-hetero) is 1. The Kier molecular flexibility index (Phi) is 3.86. The highest BCUT2D eigenvalue weighted by Crippen LogP contribution is 2.19. The molecule has 0 aliphatic heterocycles. The molecule has 0 saturated heterocycles. The minimum Gasteiger partial charge on any atom is -0.461 e. The summed E-state index contributed by atoms with van der Waals surface area (Å²) in [4.78, 5) is 12.1. The SMILES string of the molecule is Cc1cc(C)c(/C=C(\C#N)C(=O)c2ccco2)cc1C. The zero-order chi connectivity index (χ0) is 14.7. The van der Waals surface area contributed by atoms with Crippen LogP contribution in [0.15, 0.2) is 40.5 Å². The van der Waals surface area contributed by atoms with Crippen LogP contribution in [-0.4, -0.2) is 5.78 Å². The lowest BCUT2D eigenvalue weighted by Crippen LogP contribution is -2.00. The van der Waals surface area contributed by atoms with Gasteiger partial charge < -0.3 is 4.42 Å². The van der Waals surface area contributed by atoms with Crippen LogP contribution in [0.3, 0.4) is 0 Å². The second-order valence-corrected chi connectivity index (χ2v) is 4.77. The lowest BCUT2D eigenvalue weighted by atomic mass is 9.98. The maximum absolute atomic E-state index is 12.1. The molecule has 0 radical (unpaired) electrons. The average Bonchev–Trinajstić information content (AvgIpc) is 2.94. The van der Waals surface area contributed by atoms with Crippen molar-refractivity contribution in [3.05, 3.63) is 64.1 Å². The van der Waals surface area contributed by atoms with E-state index in [1.807, 2.05) is 39.0 Å². The van der Waals surface area contributed by atoms with E-state index < -0.39 is 5.78 Å². The van der Waals surface area contributed by atoms with Crippen LogP contribution in [0, 0.1) is 32.1 Å². The lowest BCUT2D eigenvalue weighted by molar-refractivity contribution is 0.101. The van der Waals surface area contributed by atoms with E-state index in [1.165, 1.54) is 11.8 Å². The predicted octanol–water partition coefficient (Wildman–Crippen LogP) is 3.99. The molecule has 0 amide bonds. The maximum atomic E-state index is 12.1. The monoisotopic (exact) mass is 265 g/mol. The molecule has 1 aromatic carbocycles. The van der Waals surface area contributed by atoms with Crippen LogP contribution in [-0.2, 0) is 0 Å². The molecule has 20 heavy (non-hydrogen) atoms. The van der Waals surface area contributed by atoms with Crippen molar-refractivity contribution >= 4 is 11.9 Å². The molecule has 0 spiro atoms. The molecule has 0 atom stereocenters. The number of nitrogens with zero attached hydrogens (tertiary/aromatic N) is 1. The van der Waals surface area contributed by atoms with E-state index in [0.29, 0.717) is 0 Å². The molecule has 0 saturated carbocycles. The molecular formula is C17H15NO2. The first-order valence-electron chi connectivity index (χ1n) is 6.30. The number of carbonyl (C=O) groups is 1. The number of hydrogen-bond donors (Lipinski definition) is 0. The fraction of sp³-hybridized carbons (Fsp3) is 0.176. The quantitative estimate of drug-likeness (QED) is 0.479. The van der Waals surface area contributed by atoms with Gasteiger partial charge in [0.15, 0.2) is 5.76 Å². The van der Waals surface area contributed by atoms with Gasteiger partial charge in [-0.3, -0.25) is 4.79 Å². The average molecular weight is 265 g/mol. The molecule has 0 N–H and O–H groups in total. The summed E-state index contributed by atoms with van der Waals surface area (Å²) in [5.74, 6) is -0.214. The van der Waals surface area contributed by atoms with E-state index in [4.69, 9.17) is 4.42 Å². The maximum Gasteiger partial charge on any atom is 0.238 e. The van der Waals surface area contributed by atoms with Crippen LogP contribution in [0.5, 0.6) is 0 Å². The number of aryl methyl sites for hydroxylation is 3. The van der Waals surface area contributed by atoms with Crippen molar-refractivity contribution in [3.8, 4) is 6.07 Å². The van der Waals surface area contributed by atoms with Gasteiger partial charge in [-0.1, -0.05) is 12.1 Å². The van der Waals surface area contributed by atoms with E-state index in [9.17, 15) is 10.1 Å². The smallest absolute Gasteiger partial charge is 0.238 e. The molecule has 0 bridgehead atoms. The molecule has 2 rings (SSSR count). The first-order chi connectivity index (χ1) is 9.52. The Morgan fingerprint density at radius 3 is 2.50 bits per heavy atom. The highest BCUT2D eigenvalue weighted by atomic mass is 16.3. The third-order valence-corrected chi connectivity index (χ3v) is 3.29. The number of ketones is 1. The van der Waals surface area contributed by atoms with Gasteiger partial charge in [-0.05, 0) is 61.2 Å². The largest absolute Gasteiger partial charge is 0.461 e. The van der Waals surface area contributed by atoms with E-state index in [1.54, 1.807) is 18.2 Å². The summed E-state index contributed by atoms with van der Waals surface area (Å²) in [7, 11) is 0. The van der Waals surface area contributed by atoms with E-state index in [0.717, 1.165) is 16.7 Å². The molecular weight excluding hydrogens is 250 g/mol. The van der Waals surface area contributed by atoms with Crippen molar-refractivity contribution in [2.75, 3.05) is 0 Å². The van der Waals surface area contributed by atoms with E-state index in [2.05, 4.69) is 0 Å². The zero-order valence-corrected chi connectivity index (χ0v) is 11.7. The number of allylic oxidation sites excluding steroid dienone is 1. The molecule has 3 heteroatoms. The molecule has 0 fully saturated rings. The number of carbonyl (C=O) groups excluding carboxylic acids is 1. The van der Waals surface area contributed by atoms with Gasteiger partial charge in [0.25, 0.3) is 0 Å². The molecule has 0 aliphatic rings. The number of furan rings is 1. The standard InChI is InChI=1S/C17H15NO2/c1-11-7-13(3)14(8-12(11)2)9-15(10-18)17(19)16-5-4-6-20-16/h4-9H,1-3H3/b15-9+. The summed E-state index contributed by atoms with van der Waals surface area (Å²) >= 11 is 0. The first kappa shape index (κ1) is 13.8. The van der Waals surface area contributed by atoms with Crippen LogP contribution in [0.2, 0.25) is 0 Å². The molecule has 2 aromatic rings. The van der Waals surface area contributed by atoms with E-state index >= 15 is 0 Å². The summed E-state index contributed by atoms with van der Waals surface area (Å²) in [6, 6.07) is 9.17. The second kappa shape index (κ2) is 5.58. The van der Waals surface area contributed by atoms with Gasteiger partial charge in [0.1, 0.15) is 11.6 Å². The molecule has 100 valence electrons. The van der Waals surface area contributed by atoms with Crippen LogP contribution < -0.4 is 0 Å². The fourth-order valence-electron chi connectivity index (χ4n) is 1.98. The van der Waals surface area contributed by atoms with Gasteiger partial charge in [0.05, 0.1) is 6.26 Å². The number of nitriles is 1. The Hall–Kier alpha value is -2.60. The van der Waals surface area contributed by atoms with Gasteiger partial charge >= 0.3 is 0 Å².